The van der Waals surface area contributed by atoms with E-state index >= 15 is 0 Å². The van der Waals surface area contributed by atoms with Crippen molar-refractivity contribution in [2.45, 2.75) is 64.6 Å². The molecule has 0 spiro atoms. The quantitative estimate of drug-likeness (QED) is 0.495. The maximum absolute atomic E-state index is 11.2. The van der Waals surface area contributed by atoms with Gasteiger partial charge in [0.15, 0.2) is 0 Å². The molecule has 0 heterocycles. The molecule has 0 fully saturated rings. The second kappa shape index (κ2) is 7.91. The molecule has 0 aromatic rings. The Bertz CT molecular complexity index is 170. The zero-order valence-electron chi connectivity index (χ0n) is 10.9. The molecular weight excluding hydrogens is 204 g/mol. The molecule has 0 aliphatic carbocycles. The lowest BCUT2D eigenvalue weighted by atomic mass is 10.3. The van der Waals surface area contributed by atoms with Crippen molar-refractivity contribution >= 4 is 14.8 Å². The monoisotopic (exact) mass is 230 g/mol. The molecule has 0 aromatic carbocycles. The van der Waals surface area contributed by atoms with Crippen molar-refractivity contribution in [3.8, 4) is 0 Å². The van der Waals surface area contributed by atoms with E-state index in [-0.39, 0.29) is 5.97 Å². The Kier molecular flexibility index (Phi) is 7.75. The van der Waals surface area contributed by atoms with Gasteiger partial charge < -0.3 is 4.74 Å². The summed E-state index contributed by atoms with van der Waals surface area (Å²) in [6.45, 7) is 11.6. The Morgan fingerprint density at radius 3 is 2.13 bits per heavy atom. The van der Waals surface area contributed by atoms with Crippen LogP contribution in [0, 0.1) is 0 Å². The third-order valence-corrected chi connectivity index (χ3v) is 7.44. The molecular formula is C12H26O2Si. The topological polar surface area (TPSA) is 26.3 Å². The van der Waals surface area contributed by atoms with Crippen molar-refractivity contribution in [1.29, 1.82) is 0 Å². The van der Waals surface area contributed by atoms with Gasteiger partial charge in [-0.25, -0.2) is 0 Å². The Morgan fingerprint density at radius 1 is 1.20 bits per heavy atom. The normalized spacial score (nSPS) is 11.5. The molecule has 0 amide bonds. The highest BCUT2D eigenvalue weighted by molar-refractivity contribution is 6.61. The number of carbonyl (C=O) groups excluding carboxylic acids is 1. The van der Waals surface area contributed by atoms with Crippen molar-refractivity contribution < 1.29 is 9.53 Å². The van der Waals surface area contributed by atoms with Crippen molar-refractivity contribution in [2.75, 3.05) is 6.61 Å². The van der Waals surface area contributed by atoms with Crippen LogP contribution in [0.2, 0.25) is 17.1 Å². The smallest absolute Gasteiger partial charge is 0.305 e. The first kappa shape index (κ1) is 14.7. The van der Waals surface area contributed by atoms with Crippen molar-refractivity contribution in [2.24, 2.45) is 0 Å². The largest absolute Gasteiger partial charge is 0.466 e. The van der Waals surface area contributed by atoms with Gasteiger partial charge in [0, 0.05) is 15.2 Å². The summed E-state index contributed by atoms with van der Waals surface area (Å²) in [5.74, 6) is -0.0298. The van der Waals surface area contributed by atoms with Gasteiger partial charge in [0.05, 0.1) is 6.61 Å². The highest BCUT2D eigenvalue weighted by Crippen LogP contribution is 2.25. The zero-order chi connectivity index (χ0) is 11.8. The van der Waals surface area contributed by atoms with Gasteiger partial charge in [-0.1, -0.05) is 44.8 Å². The van der Waals surface area contributed by atoms with E-state index in [0.29, 0.717) is 13.0 Å². The fourth-order valence-corrected chi connectivity index (χ4v) is 5.70. The minimum atomic E-state index is -0.667. The summed E-state index contributed by atoms with van der Waals surface area (Å²) in [6.07, 6.45) is 1.63. The van der Waals surface area contributed by atoms with Gasteiger partial charge in [-0.15, -0.1) is 0 Å². The Labute approximate surface area is 96.0 Å². The molecule has 3 heteroatoms. The predicted octanol–water partition coefficient (Wildman–Crippen LogP) is 3.38. The molecule has 0 saturated carbocycles. The molecule has 0 bridgehead atoms. The minimum Gasteiger partial charge on any atom is -0.466 e. The molecule has 0 unspecified atom stereocenters. The van der Waals surface area contributed by atoms with E-state index in [2.05, 4.69) is 27.7 Å². The lowest BCUT2D eigenvalue weighted by Crippen LogP contribution is -2.21. The van der Waals surface area contributed by atoms with Gasteiger partial charge >= 0.3 is 5.97 Å². The first-order valence-corrected chi connectivity index (χ1v) is 8.29. The lowest BCUT2D eigenvalue weighted by Gasteiger charge is -2.22. The van der Waals surface area contributed by atoms with Gasteiger partial charge in [-0.3, -0.25) is 4.79 Å². The fraction of sp³-hybridized carbons (Fsp3) is 0.917. The summed E-state index contributed by atoms with van der Waals surface area (Å²) in [7, 11) is -0.667. The van der Waals surface area contributed by atoms with Crippen LogP contribution in [0.15, 0.2) is 0 Å². The summed E-state index contributed by atoms with van der Waals surface area (Å²) < 4.78 is 4.92. The highest BCUT2D eigenvalue weighted by Gasteiger charge is 2.19. The average Bonchev–Trinajstić information content (AvgIpc) is 2.11. The predicted molar refractivity (Wildman–Crippen MR) is 68.0 cm³/mol. The van der Waals surface area contributed by atoms with Crippen LogP contribution in [0.3, 0.4) is 0 Å². The van der Waals surface area contributed by atoms with Crippen LogP contribution in [0.4, 0.5) is 0 Å². The second-order valence-corrected chi connectivity index (χ2v) is 9.42. The van der Waals surface area contributed by atoms with E-state index in [1.165, 1.54) is 6.04 Å². The first-order valence-electron chi connectivity index (χ1n) is 6.14. The summed E-state index contributed by atoms with van der Waals surface area (Å²) >= 11 is 0. The van der Waals surface area contributed by atoms with Crippen LogP contribution < -0.4 is 0 Å². The van der Waals surface area contributed by atoms with Crippen molar-refractivity contribution in [3.05, 3.63) is 0 Å². The molecule has 0 atom stereocenters. The average molecular weight is 230 g/mol. The van der Waals surface area contributed by atoms with Crippen LogP contribution in [-0.2, 0) is 9.53 Å². The Hall–Kier alpha value is -0.313. The molecule has 0 saturated heterocycles. The summed E-state index contributed by atoms with van der Waals surface area (Å²) in [5.41, 5.74) is 1.68. The lowest BCUT2D eigenvalue weighted by molar-refractivity contribution is -0.143. The number of ether oxygens (including phenoxy) is 1. The number of carbonyl (C=O) groups is 1. The number of rotatable bonds is 7. The van der Waals surface area contributed by atoms with E-state index in [1.807, 2.05) is 6.92 Å². The molecule has 0 aliphatic rings. The highest BCUT2D eigenvalue weighted by atomic mass is 28.3. The third-order valence-electron chi connectivity index (χ3n) is 2.94. The summed E-state index contributed by atoms with van der Waals surface area (Å²) in [6, 6.07) is 1.27. The Balaban J connectivity index is 3.76. The van der Waals surface area contributed by atoms with Gasteiger partial charge in [0.1, 0.15) is 0 Å². The Morgan fingerprint density at radius 2 is 1.73 bits per heavy atom. The molecule has 0 rings (SSSR count). The fourth-order valence-electron chi connectivity index (χ4n) is 2.15. The molecule has 0 aliphatic heterocycles. The van der Waals surface area contributed by atoms with Crippen molar-refractivity contribution in [3.63, 3.8) is 0 Å². The van der Waals surface area contributed by atoms with E-state index in [9.17, 15) is 4.79 Å². The SMILES string of the molecule is CCOC(=O)CCC[SiH](C(C)C)C(C)C. The molecule has 0 N–H and O–H groups in total. The van der Waals surface area contributed by atoms with E-state index in [4.69, 9.17) is 4.74 Å². The van der Waals surface area contributed by atoms with E-state index in [0.717, 1.165) is 17.5 Å². The molecule has 0 aromatic heterocycles. The molecule has 0 radical (unpaired) electrons. The van der Waals surface area contributed by atoms with E-state index < -0.39 is 8.80 Å². The minimum absolute atomic E-state index is 0.0298. The maximum Gasteiger partial charge on any atom is 0.305 e. The second-order valence-electron chi connectivity index (χ2n) is 4.85. The van der Waals surface area contributed by atoms with Crippen LogP contribution in [-0.4, -0.2) is 21.4 Å². The summed E-state index contributed by atoms with van der Waals surface area (Å²) in [5, 5.41) is 0. The third kappa shape index (κ3) is 6.71. The zero-order valence-corrected chi connectivity index (χ0v) is 12.0. The molecule has 2 nitrogen and oxygen atoms in total. The van der Waals surface area contributed by atoms with Crippen LogP contribution >= 0.6 is 0 Å². The van der Waals surface area contributed by atoms with E-state index in [1.54, 1.807) is 0 Å². The number of hydrogen-bond acceptors (Lipinski definition) is 2. The standard InChI is InChI=1S/C12H26O2Si/c1-6-14-12(13)8-7-9-15(10(2)3)11(4)5/h10-11,15H,6-9H2,1-5H3. The molecule has 90 valence electrons. The van der Waals surface area contributed by atoms with Crippen LogP contribution in [0.5, 0.6) is 0 Å². The molecule has 15 heavy (non-hydrogen) atoms. The van der Waals surface area contributed by atoms with Gasteiger partial charge in [-0.05, 0) is 13.3 Å². The number of esters is 1. The van der Waals surface area contributed by atoms with Crippen molar-refractivity contribution in [1.82, 2.24) is 0 Å². The summed E-state index contributed by atoms with van der Waals surface area (Å²) in [4.78, 5) is 11.2. The van der Waals surface area contributed by atoms with Gasteiger partial charge in [0.25, 0.3) is 0 Å². The van der Waals surface area contributed by atoms with Crippen LogP contribution in [0.25, 0.3) is 0 Å². The van der Waals surface area contributed by atoms with Gasteiger partial charge in [0.2, 0.25) is 0 Å². The maximum atomic E-state index is 11.2. The van der Waals surface area contributed by atoms with Crippen LogP contribution in [0.1, 0.15) is 47.5 Å². The van der Waals surface area contributed by atoms with Gasteiger partial charge in [-0.2, -0.15) is 0 Å². The number of hydrogen-bond donors (Lipinski definition) is 0. The first-order chi connectivity index (χ1) is 6.99.